The van der Waals surface area contributed by atoms with Gasteiger partial charge in [-0.05, 0) is 48.7 Å². The Morgan fingerprint density at radius 2 is 1.96 bits per heavy atom. The quantitative estimate of drug-likeness (QED) is 0.416. The Bertz CT molecular complexity index is 986. The zero-order valence-corrected chi connectivity index (χ0v) is 13.3. The highest BCUT2D eigenvalue weighted by Crippen LogP contribution is 2.19. The van der Waals surface area contributed by atoms with Crippen molar-refractivity contribution < 1.29 is 9.72 Å². The standard InChI is InChI=1S/C18H15N3O3/c1-12-8-16-17(9-13(12)2)20(11-19-16)18(22)7-6-14-4-3-5-15(10-14)21(23)24/h3-11H,1-2H3/b7-6+. The molecule has 1 heterocycles. The van der Waals surface area contributed by atoms with E-state index in [0.29, 0.717) is 5.56 Å². The van der Waals surface area contributed by atoms with Crippen LogP contribution in [-0.2, 0) is 0 Å². The maximum atomic E-state index is 12.4. The molecule has 0 bridgehead atoms. The van der Waals surface area contributed by atoms with Crippen LogP contribution in [0.1, 0.15) is 21.5 Å². The number of hydrogen-bond acceptors (Lipinski definition) is 4. The van der Waals surface area contributed by atoms with Crippen LogP contribution >= 0.6 is 0 Å². The van der Waals surface area contributed by atoms with Gasteiger partial charge in [-0.15, -0.1) is 0 Å². The molecule has 0 amide bonds. The van der Waals surface area contributed by atoms with Gasteiger partial charge in [0.05, 0.1) is 16.0 Å². The number of benzene rings is 2. The molecule has 2 aromatic carbocycles. The van der Waals surface area contributed by atoms with Crippen LogP contribution in [0.4, 0.5) is 5.69 Å². The predicted molar refractivity (Wildman–Crippen MR) is 92.0 cm³/mol. The monoisotopic (exact) mass is 321 g/mol. The first-order valence-corrected chi connectivity index (χ1v) is 7.37. The molecular weight excluding hydrogens is 306 g/mol. The van der Waals surface area contributed by atoms with Crippen molar-refractivity contribution in [2.24, 2.45) is 0 Å². The van der Waals surface area contributed by atoms with Gasteiger partial charge in [0.15, 0.2) is 0 Å². The van der Waals surface area contributed by atoms with Crippen LogP contribution in [-0.4, -0.2) is 20.4 Å². The number of nitro groups is 1. The third-order valence-corrected chi connectivity index (χ3v) is 3.90. The molecule has 3 aromatic rings. The van der Waals surface area contributed by atoms with E-state index in [1.807, 2.05) is 26.0 Å². The molecule has 6 nitrogen and oxygen atoms in total. The van der Waals surface area contributed by atoms with E-state index in [4.69, 9.17) is 0 Å². The minimum atomic E-state index is -0.465. The van der Waals surface area contributed by atoms with Gasteiger partial charge in [-0.2, -0.15) is 0 Å². The van der Waals surface area contributed by atoms with Crippen LogP contribution in [0, 0.1) is 24.0 Å². The topological polar surface area (TPSA) is 78.0 Å². The lowest BCUT2D eigenvalue weighted by Gasteiger charge is -2.02. The van der Waals surface area contributed by atoms with E-state index in [1.54, 1.807) is 18.2 Å². The largest absolute Gasteiger partial charge is 0.270 e. The molecule has 120 valence electrons. The molecule has 0 aliphatic rings. The first-order valence-electron chi connectivity index (χ1n) is 7.37. The van der Waals surface area contributed by atoms with Crippen molar-refractivity contribution in [3.8, 4) is 0 Å². The summed E-state index contributed by atoms with van der Waals surface area (Å²) < 4.78 is 1.47. The number of aryl methyl sites for hydroxylation is 2. The molecule has 0 aliphatic heterocycles. The highest BCUT2D eigenvalue weighted by atomic mass is 16.6. The molecule has 1 aromatic heterocycles. The van der Waals surface area contributed by atoms with Gasteiger partial charge in [0, 0.05) is 18.2 Å². The number of carbonyl (C=O) groups excluding carboxylic acids is 1. The lowest BCUT2D eigenvalue weighted by molar-refractivity contribution is -0.384. The van der Waals surface area contributed by atoms with E-state index >= 15 is 0 Å². The SMILES string of the molecule is Cc1cc2ncn(C(=O)/C=C/c3cccc([N+](=O)[O-])c3)c2cc1C. The molecule has 24 heavy (non-hydrogen) atoms. The minimum Gasteiger partial charge on any atom is -0.269 e. The third-order valence-electron chi connectivity index (χ3n) is 3.90. The van der Waals surface area contributed by atoms with E-state index in [9.17, 15) is 14.9 Å². The van der Waals surface area contributed by atoms with Gasteiger partial charge in [0.2, 0.25) is 0 Å². The molecule has 0 aliphatic carbocycles. The van der Waals surface area contributed by atoms with Gasteiger partial charge in [-0.1, -0.05) is 12.1 Å². The zero-order chi connectivity index (χ0) is 17.3. The number of fused-ring (bicyclic) bond motifs is 1. The van der Waals surface area contributed by atoms with E-state index in [-0.39, 0.29) is 11.6 Å². The maximum Gasteiger partial charge on any atom is 0.270 e. The number of aromatic nitrogens is 2. The number of carbonyl (C=O) groups is 1. The number of nitrogens with zero attached hydrogens (tertiary/aromatic N) is 3. The number of nitro benzene ring substituents is 1. The molecular formula is C18H15N3O3. The summed E-state index contributed by atoms with van der Waals surface area (Å²) in [5.74, 6) is -0.257. The van der Waals surface area contributed by atoms with Crippen LogP contribution in [0.3, 0.4) is 0 Å². The Hall–Kier alpha value is -3.28. The number of rotatable bonds is 3. The van der Waals surface area contributed by atoms with Gasteiger partial charge in [0.25, 0.3) is 11.6 Å². The zero-order valence-electron chi connectivity index (χ0n) is 13.3. The Morgan fingerprint density at radius 1 is 1.21 bits per heavy atom. The molecule has 0 saturated heterocycles. The van der Waals surface area contributed by atoms with Gasteiger partial charge in [-0.25, -0.2) is 4.98 Å². The van der Waals surface area contributed by atoms with E-state index in [1.165, 1.54) is 29.1 Å². The molecule has 0 unspecified atom stereocenters. The predicted octanol–water partition coefficient (Wildman–Crippen LogP) is 3.91. The van der Waals surface area contributed by atoms with Gasteiger partial charge < -0.3 is 0 Å². The van der Waals surface area contributed by atoms with Gasteiger partial charge >= 0.3 is 0 Å². The Kier molecular flexibility index (Phi) is 3.95. The van der Waals surface area contributed by atoms with Crippen molar-refractivity contribution in [3.63, 3.8) is 0 Å². The lowest BCUT2D eigenvalue weighted by Crippen LogP contribution is -2.05. The Morgan fingerprint density at radius 3 is 2.71 bits per heavy atom. The fourth-order valence-electron chi connectivity index (χ4n) is 2.43. The average molecular weight is 321 g/mol. The molecule has 0 spiro atoms. The summed E-state index contributed by atoms with van der Waals surface area (Å²) in [5.41, 5.74) is 4.28. The van der Waals surface area contributed by atoms with Crippen molar-refractivity contribution in [3.05, 3.63) is 75.6 Å². The van der Waals surface area contributed by atoms with Crippen LogP contribution in [0.25, 0.3) is 17.1 Å². The highest BCUT2D eigenvalue weighted by molar-refractivity contribution is 5.99. The van der Waals surface area contributed by atoms with Crippen LogP contribution in [0.5, 0.6) is 0 Å². The Balaban J connectivity index is 1.91. The lowest BCUT2D eigenvalue weighted by atomic mass is 10.1. The second-order valence-corrected chi connectivity index (χ2v) is 5.56. The molecule has 0 saturated carbocycles. The van der Waals surface area contributed by atoms with E-state index in [2.05, 4.69) is 4.98 Å². The van der Waals surface area contributed by atoms with E-state index in [0.717, 1.165) is 22.2 Å². The van der Waals surface area contributed by atoms with Crippen molar-refractivity contribution in [1.82, 2.24) is 9.55 Å². The molecule has 0 radical (unpaired) electrons. The second kappa shape index (κ2) is 6.08. The molecule has 0 N–H and O–H groups in total. The number of allylic oxidation sites excluding steroid dienone is 1. The highest BCUT2D eigenvalue weighted by Gasteiger charge is 2.09. The summed E-state index contributed by atoms with van der Waals surface area (Å²) in [5, 5.41) is 10.8. The number of imidazole rings is 1. The smallest absolute Gasteiger partial charge is 0.269 e. The van der Waals surface area contributed by atoms with Gasteiger partial charge in [0.1, 0.15) is 6.33 Å². The number of hydrogen-bond donors (Lipinski definition) is 0. The normalized spacial score (nSPS) is 11.2. The summed E-state index contributed by atoms with van der Waals surface area (Å²) in [4.78, 5) is 27.0. The fraction of sp³-hybridized carbons (Fsp3) is 0.111. The molecule has 0 fully saturated rings. The molecule has 0 atom stereocenters. The first kappa shape index (κ1) is 15.6. The van der Waals surface area contributed by atoms with Crippen LogP contribution in [0.2, 0.25) is 0 Å². The van der Waals surface area contributed by atoms with Crippen molar-refractivity contribution in [2.45, 2.75) is 13.8 Å². The van der Waals surface area contributed by atoms with Crippen molar-refractivity contribution >= 4 is 28.7 Å². The summed E-state index contributed by atoms with van der Waals surface area (Å²) in [7, 11) is 0. The average Bonchev–Trinajstić information content (AvgIpc) is 2.96. The number of non-ortho nitro benzene ring substituents is 1. The second-order valence-electron chi connectivity index (χ2n) is 5.56. The maximum absolute atomic E-state index is 12.4. The van der Waals surface area contributed by atoms with Crippen LogP contribution < -0.4 is 0 Å². The summed E-state index contributed by atoms with van der Waals surface area (Å²) >= 11 is 0. The molecule has 3 rings (SSSR count). The third kappa shape index (κ3) is 2.94. The summed E-state index contributed by atoms with van der Waals surface area (Å²) in [6.45, 7) is 3.98. The van der Waals surface area contributed by atoms with Crippen LogP contribution in [0.15, 0.2) is 48.8 Å². The van der Waals surface area contributed by atoms with E-state index < -0.39 is 4.92 Å². The first-order chi connectivity index (χ1) is 11.5. The fourth-order valence-corrected chi connectivity index (χ4v) is 2.43. The Labute approximate surface area is 138 Å². The summed E-state index contributed by atoms with van der Waals surface area (Å²) in [6.07, 6.45) is 4.43. The van der Waals surface area contributed by atoms with Gasteiger partial charge in [-0.3, -0.25) is 19.5 Å². The minimum absolute atomic E-state index is 0.0104. The summed E-state index contributed by atoms with van der Waals surface area (Å²) in [6, 6.07) is 9.99. The molecule has 6 heteroatoms. The van der Waals surface area contributed by atoms with Crippen molar-refractivity contribution in [2.75, 3.05) is 0 Å². The van der Waals surface area contributed by atoms with Crippen molar-refractivity contribution in [1.29, 1.82) is 0 Å².